The summed E-state index contributed by atoms with van der Waals surface area (Å²) in [7, 11) is 0. The largest absolute Gasteiger partial charge is 0.492 e. The van der Waals surface area contributed by atoms with Gasteiger partial charge in [0.2, 0.25) is 0 Å². The lowest BCUT2D eigenvalue weighted by molar-refractivity contribution is 0.0604. The maximum absolute atomic E-state index is 11.0. The Bertz CT molecular complexity index is 430. The van der Waals surface area contributed by atoms with Gasteiger partial charge in [0, 0.05) is 22.5 Å². The number of thioether (sulfide) groups is 2. The molecule has 0 saturated carbocycles. The smallest absolute Gasteiger partial charge is 0.153 e. The molecule has 1 aromatic rings. The fourth-order valence-corrected chi connectivity index (χ4v) is 4.11. The highest BCUT2D eigenvalue weighted by atomic mass is 32.2. The standard InChI is InChI=1S/C16H22O4S2/c17-11-14-3-1-2-4-16(14)20-12-15-13-21-9-7-18-5-6-19-8-10-22-15/h1-4,11,15H,5-10,12-13H2. The molecule has 1 saturated heterocycles. The van der Waals surface area contributed by atoms with Crippen LogP contribution in [0.4, 0.5) is 0 Å². The third-order valence-electron chi connectivity index (χ3n) is 3.10. The van der Waals surface area contributed by atoms with Crippen LogP contribution in [0.3, 0.4) is 0 Å². The number of ether oxygens (including phenoxy) is 3. The van der Waals surface area contributed by atoms with Crippen molar-refractivity contribution in [2.24, 2.45) is 0 Å². The summed E-state index contributed by atoms with van der Waals surface area (Å²) in [5.74, 6) is 3.61. The molecule has 2 rings (SSSR count). The van der Waals surface area contributed by atoms with Crippen LogP contribution in [0, 0.1) is 0 Å². The van der Waals surface area contributed by atoms with E-state index in [1.54, 1.807) is 6.07 Å². The van der Waals surface area contributed by atoms with E-state index < -0.39 is 0 Å². The molecule has 0 radical (unpaired) electrons. The highest BCUT2D eigenvalue weighted by Gasteiger charge is 2.12. The maximum Gasteiger partial charge on any atom is 0.153 e. The highest BCUT2D eigenvalue weighted by Crippen LogP contribution is 2.21. The molecule has 0 amide bonds. The predicted molar refractivity (Wildman–Crippen MR) is 92.5 cm³/mol. The molecular formula is C16H22O4S2. The SMILES string of the molecule is O=Cc1ccccc1OCC1CSCCOCCOCCS1. The minimum Gasteiger partial charge on any atom is -0.492 e. The summed E-state index contributed by atoms with van der Waals surface area (Å²) in [5, 5.41) is 0.382. The van der Waals surface area contributed by atoms with Crippen LogP contribution in [0.5, 0.6) is 5.75 Å². The van der Waals surface area contributed by atoms with Gasteiger partial charge in [-0.2, -0.15) is 23.5 Å². The highest BCUT2D eigenvalue weighted by molar-refractivity contribution is 8.03. The van der Waals surface area contributed by atoms with Gasteiger partial charge < -0.3 is 14.2 Å². The van der Waals surface area contributed by atoms with Gasteiger partial charge in [-0.25, -0.2) is 0 Å². The number of para-hydroxylation sites is 1. The van der Waals surface area contributed by atoms with Gasteiger partial charge in [-0.15, -0.1) is 0 Å². The topological polar surface area (TPSA) is 44.8 Å². The fraction of sp³-hybridized carbons (Fsp3) is 0.562. The number of hydrogen-bond acceptors (Lipinski definition) is 6. The van der Waals surface area contributed by atoms with Crippen LogP contribution in [0.1, 0.15) is 10.4 Å². The lowest BCUT2D eigenvalue weighted by atomic mass is 10.2. The Morgan fingerprint density at radius 1 is 1.14 bits per heavy atom. The molecular weight excluding hydrogens is 320 g/mol. The van der Waals surface area contributed by atoms with E-state index in [1.165, 1.54) is 0 Å². The van der Waals surface area contributed by atoms with Crippen molar-refractivity contribution in [3.63, 3.8) is 0 Å². The lowest BCUT2D eigenvalue weighted by Crippen LogP contribution is -2.21. The number of hydrogen-bond donors (Lipinski definition) is 0. The number of carbonyl (C=O) groups excluding carboxylic acids is 1. The number of carbonyl (C=O) groups is 1. The first-order valence-corrected chi connectivity index (χ1v) is 9.62. The second kappa shape index (κ2) is 10.9. The normalized spacial score (nSPS) is 21.4. The lowest BCUT2D eigenvalue weighted by Gasteiger charge is -2.18. The van der Waals surface area contributed by atoms with Gasteiger partial charge in [-0.3, -0.25) is 4.79 Å². The van der Waals surface area contributed by atoms with Gasteiger partial charge in [0.1, 0.15) is 12.4 Å². The summed E-state index contributed by atoms with van der Waals surface area (Å²) < 4.78 is 16.8. The van der Waals surface area contributed by atoms with Crippen LogP contribution in [-0.2, 0) is 9.47 Å². The van der Waals surface area contributed by atoms with Crippen LogP contribution in [-0.4, -0.2) is 61.8 Å². The van der Waals surface area contributed by atoms with Crippen LogP contribution in [0.15, 0.2) is 24.3 Å². The Morgan fingerprint density at radius 3 is 2.73 bits per heavy atom. The Labute approximate surface area is 140 Å². The average molecular weight is 342 g/mol. The van der Waals surface area contributed by atoms with Crippen molar-refractivity contribution in [3.8, 4) is 5.75 Å². The minimum absolute atomic E-state index is 0.382. The van der Waals surface area contributed by atoms with Crippen molar-refractivity contribution in [2.45, 2.75) is 5.25 Å². The molecule has 0 aliphatic carbocycles. The molecule has 1 fully saturated rings. The van der Waals surface area contributed by atoms with Crippen LogP contribution in [0.2, 0.25) is 0 Å². The zero-order valence-electron chi connectivity index (χ0n) is 12.6. The predicted octanol–water partition coefficient (Wildman–Crippen LogP) is 2.76. The van der Waals surface area contributed by atoms with Crippen molar-refractivity contribution >= 4 is 29.8 Å². The summed E-state index contributed by atoms with van der Waals surface area (Å²) in [6.45, 7) is 3.45. The van der Waals surface area contributed by atoms with Gasteiger partial charge >= 0.3 is 0 Å². The third kappa shape index (κ3) is 6.60. The van der Waals surface area contributed by atoms with E-state index in [-0.39, 0.29) is 0 Å². The molecule has 0 bridgehead atoms. The Hall–Kier alpha value is -0.690. The molecule has 1 aliphatic rings. The monoisotopic (exact) mass is 342 g/mol. The van der Waals surface area contributed by atoms with Crippen molar-refractivity contribution in [3.05, 3.63) is 29.8 Å². The first-order valence-electron chi connectivity index (χ1n) is 7.42. The van der Waals surface area contributed by atoms with Crippen molar-refractivity contribution in [1.82, 2.24) is 0 Å². The average Bonchev–Trinajstić information content (AvgIpc) is 2.54. The molecule has 1 aromatic carbocycles. The minimum atomic E-state index is 0.382. The van der Waals surface area contributed by atoms with E-state index in [0.717, 1.165) is 36.8 Å². The Kier molecular flexibility index (Phi) is 8.78. The van der Waals surface area contributed by atoms with Gasteiger partial charge in [0.25, 0.3) is 0 Å². The van der Waals surface area contributed by atoms with Crippen LogP contribution >= 0.6 is 23.5 Å². The van der Waals surface area contributed by atoms with E-state index in [0.29, 0.717) is 36.4 Å². The summed E-state index contributed by atoms with van der Waals surface area (Å²) in [6, 6.07) is 7.34. The summed E-state index contributed by atoms with van der Waals surface area (Å²) >= 11 is 3.75. The van der Waals surface area contributed by atoms with Crippen LogP contribution < -0.4 is 4.74 Å². The maximum atomic E-state index is 11.0. The Morgan fingerprint density at radius 2 is 1.91 bits per heavy atom. The molecule has 4 nitrogen and oxygen atoms in total. The number of benzene rings is 1. The molecule has 0 N–H and O–H groups in total. The molecule has 1 atom stereocenters. The molecule has 1 unspecified atom stereocenters. The number of aldehydes is 1. The van der Waals surface area contributed by atoms with E-state index in [1.807, 2.05) is 41.7 Å². The second-order valence-electron chi connectivity index (χ2n) is 4.76. The third-order valence-corrected chi connectivity index (χ3v) is 5.58. The molecule has 6 heteroatoms. The first-order chi connectivity index (χ1) is 10.9. The summed E-state index contributed by atoms with van der Waals surface area (Å²) in [4.78, 5) is 11.0. The van der Waals surface area contributed by atoms with Crippen molar-refractivity contribution in [1.29, 1.82) is 0 Å². The summed E-state index contributed by atoms with van der Waals surface area (Å²) in [6.07, 6.45) is 0.837. The summed E-state index contributed by atoms with van der Waals surface area (Å²) in [5.41, 5.74) is 0.602. The molecule has 122 valence electrons. The first kappa shape index (κ1) is 17.7. The molecule has 0 aromatic heterocycles. The van der Waals surface area contributed by atoms with Crippen molar-refractivity contribution < 1.29 is 19.0 Å². The molecule has 1 aliphatic heterocycles. The molecule has 1 heterocycles. The van der Waals surface area contributed by atoms with Crippen molar-refractivity contribution in [2.75, 3.05) is 50.3 Å². The van der Waals surface area contributed by atoms with Gasteiger partial charge in [0.05, 0.1) is 32.0 Å². The molecule has 22 heavy (non-hydrogen) atoms. The van der Waals surface area contributed by atoms with Gasteiger partial charge in [-0.1, -0.05) is 12.1 Å². The Balaban J connectivity index is 1.83. The van der Waals surface area contributed by atoms with Gasteiger partial charge in [0.15, 0.2) is 6.29 Å². The van der Waals surface area contributed by atoms with E-state index in [4.69, 9.17) is 14.2 Å². The number of rotatable bonds is 4. The zero-order valence-corrected chi connectivity index (χ0v) is 14.2. The quantitative estimate of drug-likeness (QED) is 0.784. The van der Waals surface area contributed by atoms with E-state index in [2.05, 4.69) is 0 Å². The zero-order chi connectivity index (χ0) is 15.5. The van der Waals surface area contributed by atoms with Crippen LogP contribution in [0.25, 0.3) is 0 Å². The molecule has 0 spiro atoms. The second-order valence-corrected chi connectivity index (χ2v) is 7.32. The van der Waals surface area contributed by atoms with E-state index >= 15 is 0 Å². The fourth-order valence-electron chi connectivity index (χ4n) is 1.96. The van der Waals surface area contributed by atoms with E-state index in [9.17, 15) is 4.79 Å². The van der Waals surface area contributed by atoms with Gasteiger partial charge in [-0.05, 0) is 12.1 Å².